The molecule has 0 saturated carbocycles. The molecule has 0 radical (unpaired) electrons. The normalized spacial score (nSPS) is 9.30. The summed E-state index contributed by atoms with van der Waals surface area (Å²) >= 11 is 10.9. The first-order valence-corrected chi connectivity index (χ1v) is 5.87. The van der Waals surface area contributed by atoms with Crippen LogP contribution in [0.15, 0.2) is 36.5 Å². The van der Waals surface area contributed by atoms with E-state index in [2.05, 4.69) is 9.97 Å². The topological polar surface area (TPSA) is 100 Å². The summed E-state index contributed by atoms with van der Waals surface area (Å²) in [6.45, 7) is 0. The molecule has 2 aromatic heterocycles. The Morgan fingerprint density at radius 2 is 1.70 bits per heavy atom. The molecule has 2 heterocycles. The standard InChI is InChI=1S/C6H3Cl2NO2.C6H5NO2/c7-3-1-2-4(8)9-5(3)6(10)11;8-6(9)5-3-1-2-4-7-5/h1-2H,(H,10,11);1-4H,(H,8,9). The Morgan fingerprint density at radius 1 is 1.00 bits per heavy atom. The predicted octanol–water partition coefficient (Wildman–Crippen LogP) is 2.87. The zero-order chi connectivity index (χ0) is 15.1. The van der Waals surface area contributed by atoms with Gasteiger partial charge in [-0.2, -0.15) is 0 Å². The SMILES string of the molecule is O=C(O)c1ccccn1.O=C(O)c1nc(Cl)ccc1Cl. The van der Waals surface area contributed by atoms with E-state index >= 15 is 0 Å². The number of halogens is 2. The van der Waals surface area contributed by atoms with Crippen LogP contribution in [0.5, 0.6) is 0 Å². The average Bonchev–Trinajstić information content (AvgIpc) is 2.43. The number of carbonyl (C=O) groups is 2. The van der Waals surface area contributed by atoms with Crippen molar-refractivity contribution < 1.29 is 19.8 Å². The van der Waals surface area contributed by atoms with E-state index in [1.54, 1.807) is 12.1 Å². The number of aromatic nitrogens is 2. The van der Waals surface area contributed by atoms with Crippen molar-refractivity contribution in [2.45, 2.75) is 0 Å². The Morgan fingerprint density at radius 3 is 2.10 bits per heavy atom. The Bertz CT molecular complexity index is 620. The molecule has 0 fully saturated rings. The third-order valence-corrected chi connectivity index (χ3v) is 2.41. The van der Waals surface area contributed by atoms with Gasteiger partial charge >= 0.3 is 11.9 Å². The van der Waals surface area contributed by atoms with Crippen molar-refractivity contribution in [1.82, 2.24) is 9.97 Å². The first kappa shape index (κ1) is 15.9. The third kappa shape index (κ3) is 4.83. The summed E-state index contributed by atoms with van der Waals surface area (Å²) in [4.78, 5) is 27.6. The quantitative estimate of drug-likeness (QED) is 0.827. The molecule has 0 aliphatic rings. The minimum atomic E-state index is -1.18. The van der Waals surface area contributed by atoms with Crippen LogP contribution in [-0.2, 0) is 0 Å². The summed E-state index contributed by atoms with van der Waals surface area (Å²) in [6.07, 6.45) is 1.45. The fourth-order valence-electron chi connectivity index (χ4n) is 1.06. The Labute approximate surface area is 123 Å². The second-order valence-electron chi connectivity index (χ2n) is 3.29. The van der Waals surface area contributed by atoms with Crippen molar-refractivity contribution in [3.05, 3.63) is 58.1 Å². The van der Waals surface area contributed by atoms with Gasteiger partial charge in [0.2, 0.25) is 0 Å². The maximum atomic E-state index is 10.4. The zero-order valence-electron chi connectivity index (χ0n) is 9.83. The molecular formula is C12H8Cl2N2O4. The molecule has 0 aromatic carbocycles. The number of rotatable bonds is 2. The molecular weight excluding hydrogens is 307 g/mol. The molecule has 2 N–H and O–H groups in total. The Hall–Kier alpha value is -2.18. The highest BCUT2D eigenvalue weighted by Gasteiger charge is 2.09. The first-order valence-electron chi connectivity index (χ1n) is 5.11. The summed E-state index contributed by atoms with van der Waals surface area (Å²) in [5, 5.41) is 17.0. The molecule has 104 valence electrons. The highest BCUT2D eigenvalue weighted by atomic mass is 35.5. The molecule has 0 unspecified atom stereocenters. The summed E-state index contributed by atoms with van der Waals surface area (Å²) < 4.78 is 0. The van der Waals surface area contributed by atoms with Crippen LogP contribution in [0.1, 0.15) is 21.0 Å². The molecule has 20 heavy (non-hydrogen) atoms. The van der Waals surface area contributed by atoms with E-state index in [0.29, 0.717) is 0 Å². The smallest absolute Gasteiger partial charge is 0.356 e. The lowest BCUT2D eigenvalue weighted by Gasteiger charge is -1.96. The number of carboxylic acids is 2. The average molecular weight is 315 g/mol. The fourth-order valence-corrected chi connectivity index (χ4v) is 1.39. The highest BCUT2D eigenvalue weighted by molar-refractivity contribution is 6.34. The summed E-state index contributed by atoms with van der Waals surface area (Å²) in [5.41, 5.74) is -0.142. The number of nitrogens with zero attached hydrogens (tertiary/aromatic N) is 2. The van der Waals surface area contributed by atoms with Gasteiger partial charge in [-0.3, -0.25) is 0 Å². The molecule has 0 atom stereocenters. The first-order chi connectivity index (χ1) is 9.41. The Balaban J connectivity index is 0.000000204. The largest absolute Gasteiger partial charge is 0.477 e. The second-order valence-corrected chi connectivity index (χ2v) is 4.08. The molecule has 0 aliphatic carbocycles. The number of hydrogen-bond acceptors (Lipinski definition) is 4. The number of pyridine rings is 2. The lowest BCUT2D eigenvalue weighted by atomic mass is 10.3. The van der Waals surface area contributed by atoms with Crippen LogP contribution in [0, 0.1) is 0 Å². The minimum absolute atomic E-state index is 0.0810. The maximum absolute atomic E-state index is 10.4. The van der Waals surface area contributed by atoms with Crippen LogP contribution in [0.25, 0.3) is 0 Å². The van der Waals surface area contributed by atoms with Gasteiger partial charge in [-0.05, 0) is 24.3 Å². The van der Waals surface area contributed by atoms with E-state index in [1.807, 2.05) is 0 Å². The Kier molecular flexibility index (Phi) is 5.89. The lowest BCUT2D eigenvalue weighted by Crippen LogP contribution is -2.00. The number of hydrogen-bond donors (Lipinski definition) is 2. The molecule has 2 aromatic rings. The molecule has 6 nitrogen and oxygen atoms in total. The van der Waals surface area contributed by atoms with Gasteiger partial charge in [0.1, 0.15) is 10.8 Å². The number of carboxylic acid groups (broad SMARTS) is 2. The van der Waals surface area contributed by atoms with Gasteiger partial charge in [0.25, 0.3) is 0 Å². The van der Waals surface area contributed by atoms with Crippen LogP contribution in [0.3, 0.4) is 0 Å². The zero-order valence-corrected chi connectivity index (χ0v) is 11.3. The maximum Gasteiger partial charge on any atom is 0.356 e. The molecule has 2 rings (SSSR count). The van der Waals surface area contributed by atoms with Crippen LogP contribution in [0.2, 0.25) is 10.2 Å². The van der Waals surface area contributed by atoms with Crippen molar-refractivity contribution in [3.63, 3.8) is 0 Å². The van der Waals surface area contributed by atoms with Gasteiger partial charge in [-0.15, -0.1) is 0 Å². The van der Waals surface area contributed by atoms with Crippen LogP contribution < -0.4 is 0 Å². The van der Waals surface area contributed by atoms with Gasteiger partial charge < -0.3 is 10.2 Å². The van der Waals surface area contributed by atoms with E-state index in [-0.39, 0.29) is 21.6 Å². The number of aromatic carboxylic acids is 2. The summed E-state index contributed by atoms with van der Waals surface area (Å²) in [5.74, 6) is -2.17. The molecule has 0 saturated heterocycles. The lowest BCUT2D eigenvalue weighted by molar-refractivity contribution is 0.0680. The van der Waals surface area contributed by atoms with Gasteiger partial charge in [0.05, 0.1) is 5.02 Å². The van der Waals surface area contributed by atoms with E-state index in [4.69, 9.17) is 33.4 Å². The summed E-state index contributed by atoms with van der Waals surface area (Å²) in [7, 11) is 0. The van der Waals surface area contributed by atoms with Crippen molar-refractivity contribution in [2.24, 2.45) is 0 Å². The van der Waals surface area contributed by atoms with E-state index in [1.165, 1.54) is 24.4 Å². The van der Waals surface area contributed by atoms with Gasteiger partial charge in [0.15, 0.2) is 5.69 Å². The van der Waals surface area contributed by atoms with E-state index in [0.717, 1.165) is 0 Å². The fraction of sp³-hybridized carbons (Fsp3) is 0. The van der Waals surface area contributed by atoms with Crippen molar-refractivity contribution in [3.8, 4) is 0 Å². The summed E-state index contributed by atoms with van der Waals surface area (Å²) in [6, 6.07) is 7.57. The molecule has 0 amide bonds. The second kappa shape index (κ2) is 7.42. The highest BCUT2D eigenvalue weighted by Crippen LogP contribution is 2.16. The van der Waals surface area contributed by atoms with Crippen LogP contribution >= 0.6 is 23.2 Å². The third-order valence-electron chi connectivity index (χ3n) is 1.90. The molecule has 8 heteroatoms. The van der Waals surface area contributed by atoms with Crippen molar-refractivity contribution in [1.29, 1.82) is 0 Å². The molecule has 0 bridgehead atoms. The van der Waals surface area contributed by atoms with Crippen molar-refractivity contribution >= 4 is 35.1 Å². The van der Waals surface area contributed by atoms with Crippen molar-refractivity contribution in [2.75, 3.05) is 0 Å². The van der Waals surface area contributed by atoms with Gasteiger partial charge in [-0.25, -0.2) is 19.6 Å². The van der Waals surface area contributed by atoms with Gasteiger partial charge in [-0.1, -0.05) is 29.3 Å². The molecule has 0 spiro atoms. The van der Waals surface area contributed by atoms with E-state index in [9.17, 15) is 9.59 Å². The van der Waals surface area contributed by atoms with Crippen LogP contribution in [0.4, 0.5) is 0 Å². The predicted molar refractivity (Wildman–Crippen MR) is 72.4 cm³/mol. The molecule has 0 aliphatic heterocycles. The van der Waals surface area contributed by atoms with Gasteiger partial charge in [0, 0.05) is 6.20 Å². The van der Waals surface area contributed by atoms with E-state index < -0.39 is 11.9 Å². The monoisotopic (exact) mass is 314 g/mol. The van der Waals surface area contributed by atoms with Crippen LogP contribution in [-0.4, -0.2) is 32.1 Å². The minimum Gasteiger partial charge on any atom is -0.477 e.